The largest absolute Gasteiger partial charge is 0.129 e. The van der Waals surface area contributed by atoms with Crippen molar-refractivity contribution in [3.63, 3.8) is 0 Å². The highest BCUT2D eigenvalue weighted by atomic mass is 28.3. The molecule has 1 unspecified atom stereocenters. The molecule has 0 aromatic heterocycles. The van der Waals surface area contributed by atoms with Gasteiger partial charge in [-0.15, -0.1) is 5.54 Å². The van der Waals surface area contributed by atoms with E-state index in [1.54, 1.807) is 0 Å². The van der Waals surface area contributed by atoms with Crippen LogP contribution in [0.25, 0.3) is 0 Å². The van der Waals surface area contributed by atoms with Crippen molar-refractivity contribution < 1.29 is 0 Å². The summed E-state index contributed by atoms with van der Waals surface area (Å²) in [5, 5.41) is 0. The molecule has 0 spiro atoms. The molecule has 1 rings (SSSR count). The first-order valence-corrected chi connectivity index (χ1v) is 8.51. The Morgan fingerprint density at radius 3 is 2.23 bits per heavy atom. The summed E-state index contributed by atoms with van der Waals surface area (Å²) in [6.07, 6.45) is 5.66. The molecule has 1 aliphatic rings. The summed E-state index contributed by atoms with van der Waals surface area (Å²) in [7, 11) is -1.16. The Bertz CT molecular complexity index is 268. The lowest BCUT2D eigenvalue weighted by molar-refractivity contribution is 0.610. The molecule has 1 fully saturated rings. The Morgan fingerprint density at radius 2 is 1.85 bits per heavy atom. The fourth-order valence-electron chi connectivity index (χ4n) is 1.26. The number of allylic oxidation sites excluding steroid dienone is 2. The van der Waals surface area contributed by atoms with Crippen molar-refractivity contribution in [2.45, 2.75) is 39.9 Å². The first-order valence-electron chi connectivity index (χ1n) is 5.01. The molecule has 0 N–H and O–H groups in total. The molecule has 1 saturated carbocycles. The van der Waals surface area contributed by atoms with Crippen molar-refractivity contribution in [3.8, 4) is 11.5 Å². The molecule has 0 aliphatic heterocycles. The Hall–Kier alpha value is -0.483. The molecule has 72 valence electrons. The second-order valence-corrected chi connectivity index (χ2v) is 10.4. The van der Waals surface area contributed by atoms with Gasteiger partial charge in [0.15, 0.2) is 0 Å². The SMILES string of the molecule is CC1(C)CC1C=CC#C[Si](C)(C)C. The molecule has 13 heavy (non-hydrogen) atoms. The normalized spacial score (nSPS) is 25.5. The average Bonchev–Trinajstić information content (AvgIpc) is 2.50. The highest BCUT2D eigenvalue weighted by molar-refractivity contribution is 6.83. The molecule has 0 heterocycles. The van der Waals surface area contributed by atoms with Crippen molar-refractivity contribution in [3.05, 3.63) is 12.2 Å². The summed E-state index contributed by atoms with van der Waals surface area (Å²) >= 11 is 0. The van der Waals surface area contributed by atoms with E-state index < -0.39 is 8.07 Å². The highest BCUT2D eigenvalue weighted by Crippen LogP contribution is 2.52. The van der Waals surface area contributed by atoms with Gasteiger partial charge in [-0.1, -0.05) is 45.5 Å². The van der Waals surface area contributed by atoms with E-state index in [9.17, 15) is 0 Å². The van der Waals surface area contributed by atoms with Gasteiger partial charge in [-0.05, 0) is 23.8 Å². The Labute approximate surface area is 83.4 Å². The molecule has 0 saturated heterocycles. The summed E-state index contributed by atoms with van der Waals surface area (Å²) in [5.74, 6) is 3.95. The van der Waals surface area contributed by atoms with Crippen molar-refractivity contribution >= 4 is 8.07 Å². The van der Waals surface area contributed by atoms with Crippen molar-refractivity contribution in [1.29, 1.82) is 0 Å². The minimum atomic E-state index is -1.16. The monoisotopic (exact) mass is 192 g/mol. The van der Waals surface area contributed by atoms with Gasteiger partial charge < -0.3 is 0 Å². The first-order chi connectivity index (χ1) is 5.81. The van der Waals surface area contributed by atoms with E-state index in [2.05, 4.69) is 57.1 Å². The fraction of sp³-hybridized carbons (Fsp3) is 0.667. The van der Waals surface area contributed by atoms with Crippen LogP contribution in [0.4, 0.5) is 0 Å². The van der Waals surface area contributed by atoms with E-state index in [-0.39, 0.29) is 0 Å². The van der Waals surface area contributed by atoms with Crippen molar-refractivity contribution in [2.24, 2.45) is 11.3 Å². The van der Waals surface area contributed by atoms with Crippen molar-refractivity contribution in [2.75, 3.05) is 0 Å². The molecule has 1 atom stereocenters. The van der Waals surface area contributed by atoms with Crippen LogP contribution in [0.5, 0.6) is 0 Å². The zero-order valence-electron chi connectivity index (χ0n) is 9.44. The summed E-state index contributed by atoms with van der Waals surface area (Å²) in [6, 6.07) is 0. The van der Waals surface area contributed by atoms with Crippen molar-refractivity contribution in [1.82, 2.24) is 0 Å². The van der Waals surface area contributed by atoms with Crippen LogP contribution in [0.1, 0.15) is 20.3 Å². The molecule has 0 amide bonds. The summed E-state index contributed by atoms with van der Waals surface area (Å²) in [6.45, 7) is 11.4. The molecule has 0 nitrogen and oxygen atoms in total. The van der Waals surface area contributed by atoms with Crippen LogP contribution in [-0.2, 0) is 0 Å². The lowest BCUT2D eigenvalue weighted by Gasteiger charge is -2.02. The molecule has 0 aromatic rings. The van der Waals surface area contributed by atoms with E-state index in [0.717, 1.165) is 5.92 Å². The Kier molecular flexibility index (Phi) is 2.73. The number of rotatable bonds is 1. The van der Waals surface area contributed by atoms with Crippen LogP contribution in [-0.4, -0.2) is 8.07 Å². The van der Waals surface area contributed by atoms with E-state index in [1.807, 2.05) is 0 Å². The fourth-order valence-corrected chi connectivity index (χ4v) is 1.78. The summed E-state index contributed by atoms with van der Waals surface area (Å²) < 4.78 is 0. The third-order valence-electron chi connectivity index (χ3n) is 2.45. The maximum Gasteiger partial charge on any atom is 0.129 e. The third kappa shape index (κ3) is 3.82. The van der Waals surface area contributed by atoms with Gasteiger partial charge in [0.25, 0.3) is 0 Å². The molecular weight excluding hydrogens is 172 g/mol. The summed E-state index contributed by atoms with van der Waals surface area (Å²) in [4.78, 5) is 0. The van der Waals surface area contributed by atoms with Gasteiger partial charge in [-0.25, -0.2) is 0 Å². The van der Waals surface area contributed by atoms with Gasteiger partial charge in [0.1, 0.15) is 8.07 Å². The average molecular weight is 192 g/mol. The molecule has 0 bridgehead atoms. The molecule has 0 radical (unpaired) electrons. The summed E-state index contributed by atoms with van der Waals surface area (Å²) in [5.41, 5.74) is 3.89. The van der Waals surface area contributed by atoms with Crippen LogP contribution in [0.15, 0.2) is 12.2 Å². The second kappa shape index (κ2) is 3.34. The van der Waals surface area contributed by atoms with Crippen LogP contribution >= 0.6 is 0 Å². The smallest absolute Gasteiger partial charge is 0.127 e. The van der Waals surface area contributed by atoms with Gasteiger partial charge in [-0.3, -0.25) is 0 Å². The minimum absolute atomic E-state index is 0.553. The van der Waals surface area contributed by atoms with E-state index in [1.165, 1.54) is 6.42 Å². The van der Waals surface area contributed by atoms with Gasteiger partial charge in [0.2, 0.25) is 0 Å². The lowest BCUT2D eigenvalue weighted by Crippen LogP contribution is -2.16. The second-order valence-electron chi connectivity index (χ2n) is 5.68. The quantitative estimate of drug-likeness (QED) is 0.441. The van der Waals surface area contributed by atoms with E-state index >= 15 is 0 Å². The maximum absolute atomic E-state index is 3.33. The van der Waals surface area contributed by atoms with E-state index in [0.29, 0.717) is 5.41 Å². The molecule has 1 aliphatic carbocycles. The van der Waals surface area contributed by atoms with Gasteiger partial charge >= 0.3 is 0 Å². The molecular formula is C12H20Si. The number of hydrogen-bond acceptors (Lipinski definition) is 0. The van der Waals surface area contributed by atoms with Gasteiger partial charge in [0.05, 0.1) is 0 Å². The van der Waals surface area contributed by atoms with Crippen LogP contribution < -0.4 is 0 Å². The third-order valence-corrected chi connectivity index (χ3v) is 3.34. The topological polar surface area (TPSA) is 0 Å². The maximum atomic E-state index is 3.33. The number of hydrogen-bond donors (Lipinski definition) is 0. The van der Waals surface area contributed by atoms with E-state index in [4.69, 9.17) is 0 Å². The standard InChI is InChI=1S/C12H20Si/c1-12(2)10-11(12)8-6-7-9-13(3,4)5/h6,8,11H,10H2,1-5H3. The van der Waals surface area contributed by atoms with Crippen LogP contribution in [0, 0.1) is 22.8 Å². The Balaban J connectivity index is 2.38. The molecule has 1 heteroatoms. The first kappa shape index (κ1) is 10.6. The van der Waals surface area contributed by atoms with Crippen LogP contribution in [0.2, 0.25) is 19.6 Å². The zero-order chi connectivity index (χ0) is 10.1. The predicted octanol–water partition coefficient (Wildman–Crippen LogP) is 3.47. The molecule has 0 aromatic carbocycles. The van der Waals surface area contributed by atoms with Gasteiger partial charge in [-0.2, -0.15) is 0 Å². The Morgan fingerprint density at radius 1 is 1.31 bits per heavy atom. The predicted molar refractivity (Wildman–Crippen MR) is 62.2 cm³/mol. The highest BCUT2D eigenvalue weighted by Gasteiger charge is 2.43. The zero-order valence-corrected chi connectivity index (χ0v) is 10.4. The minimum Gasteiger partial charge on any atom is -0.127 e. The van der Waals surface area contributed by atoms with Gasteiger partial charge in [0, 0.05) is 0 Å². The van der Waals surface area contributed by atoms with Crippen LogP contribution in [0.3, 0.4) is 0 Å². The lowest BCUT2D eigenvalue weighted by atomic mass is 10.1.